The molecule has 0 aromatic carbocycles. The first-order chi connectivity index (χ1) is 9.10. The Balaban J connectivity index is 0.00000121. The number of amides is 2. The van der Waals surface area contributed by atoms with Crippen molar-refractivity contribution in [3.05, 3.63) is 7.05 Å². The van der Waals surface area contributed by atoms with E-state index in [4.69, 9.17) is 0 Å². The third-order valence-electron chi connectivity index (χ3n) is 5.71. The molecule has 1 heterocycles. The first kappa shape index (κ1) is 15.2. The Hall–Kier alpha value is 0.334. The normalized spacial score (nSPS) is 42.8. The van der Waals surface area contributed by atoms with Gasteiger partial charge in [-0.1, -0.05) is 0 Å². The van der Waals surface area contributed by atoms with E-state index in [1.54, 1.807) is 0 Å². The summed E-state index contributed by atoms with van der Waals surface area (Å²) in [5.41, 5.74) is 0.132. The van der Waals surface area contributed by atoms with E-state index in [0.29, 0.717) is 6.04 Å². The van der Waals surface area contributed by atoms with Crippen molar-refractivity contribution in [1.29, 1.82) is 0 Å². The van der Waals surface area contributed by atoms with Crippen molar-refractivity contribution >= 4 is 6.03 Å². The first-order valence-electron chi connectivity index (χ1n) is 7.74. The van der Waals surface area contributed by atoms with Crippen molar-refractivity contribution in [3.63, 3.8) is 0 Å². The van der Waals surface area contributed by atoms with Crippen molar-refractivity contribution in [2.24, 2.45) is 17.8 Å². The van der Waals surface area contributed by atoms with Crippen LogP contribution < -0.4 is 10.6 Å². The molecule has 4 bridgehead atoms. The number of rotatable bonds is 2. The molecule has 2 amide bonds. The zero-order chi connectivity index (χ0) is 13.0. The van der Waals surface area contributed by atoms with E-state index in [1.807, 2.05) is 4.90 Å². The van der Waals surface area contributed by atoms with Gasteiger partial charge in [-0.05, 0) is 69.4 Å². The summed E-state index contributed by atoms with van der Waals surface area (Å²) in [6.07, 6.45) is 7.92. The van der Waals surface area contributed by atoms with Gasteiger partial charge in [0.15, 0.2) is 0 Å². The van der Waals surface area contributed by atoms with Gasteiger partial charge in [-0.2, -0.15) is 0 Å². The van der Waals surface area contributed by atoms with Crippen molar-refractivity contribution < 1.29 is 37.5 Å². The molecule has 4 saturated carbocycles. The summed E-state index contributed by atoms with van der Waals surface area (Å²) in [4.78, 5) is 14.2. The summed E-state index contributed by atoms with van der Waals surface area (Å²) in [5.74, 6) is 2.64. The molecule has 1 saturated heterocycles. The maximum Gasteiger partial charge on any atom is 0.315 e. The van der Waals surface area contributed by atoms with Crippen molar-refractivity contribution in [1.82, 2.24) is 15.5 Å². The topological polar surface area (TPSA) is 44.4 Å². The third-order valence-corrected chi connectivity index (χ3v) is 5.71. The van der Waals surface area contributed by atoms with Crippen LogP contribution >= 0.6 is 0 Å². The molecule has 0 spiro atoms. The second-order valence-corrected chi connectivity index (χ2v) is 7.53. The quantitative estimate of drug-likeness (QED) is 0.745. The molecule has 5 heteroatoms. The third kappa shape index (κ3) is 2.80. The molecule has 4 nitrogen and oxygen atoms in total. The van der Waals surface area contributed by atoms with Gasteiger partial charge in [0.05, 0.1) is 6.04 Å². The number of hydrogen-bond acceptors (Lipinski definition) is 2. The molecule has 4 aliphatic carbocycles. The van der Waals surface area contributed by atoms with E-state index in [2.05, 4.69) is 17.7 Å². The van der Waals surface area contributed by atoms with E-state index in [1.165, 1.54) is 38.5 Å². The van der Waals surface area contributed by atoms with Crippen LogP contribution in [-0.4, -0.2) is 35.6 Å². The molecular weight excluding hydrogens is 327 g/mol. The zero-order valence-corrected chi connectivity index (χ0v) is 14.9. The molecule has 20 heavy (non-hydrogen) atoms. The molecule has 0 aromatic rings. The van der Waals surface area contributed by atoms with Gasteiger partial charge in [0.25, 0.3) is 0 Å². The van der Waals surface area contributed by atoms with Crippen LogP contribution in [0.4, 0.5) is 4.79 Å². The summed E-state index contributed by atoms with van der Waals surface area (Å²) in [7, 11) is 3.84. The molecule has 0 aromatic heterocycles. The Morgan fingerprint density at radius 3 is 2.00 bits per heavy atom. The predicted molar refractivity (Wildman–Crippen MR) is 73.3 cm³/mol. The average Bonchev–Trinajstić information content (AvgIpc) is 2.23. The summed E-state index contributed by atoms with van der Waals surface area (Å²) in [6, 6.07) is 0.353. The summed E-state index contributed by atoms with van der Waals surface area (Å²) in [5, 5.41) is 6.44. The van der Waals surface area contributed by atoms with Crippen LogP contribution in [0.3, 0.4) is 0 Å². The number of hydrogen-bond donors (Lipinski definition) is 2. The van der Waals surface area contributed by atoms with Crippen LogP contribution in [0.25, 0.3) is 0 Å². The van der Waals surface area contributed by atoms with Gasteiger partial charge >= 0.3 is 6.03 Å². The van der Waals surface area contributed by atoms with Gasteiger partial charge in [-0.25, -0.2) is 4.79 Å². The van der Waals surface area contributed by atoms with Gasteiger partial charge in [-0.3, -0.25) is 7.05 Å². The number of carbonyl (C=O) groups is 1. The number of nitrogens with zero attached hydrogens (tertiary/aromatic N) is 1. The number of likely N-dealkylation sites (tertiary alicyclic amines) is 1. The standard InChI is InChI=1S/C15H24N3O.Y/c1-18-8-13(9-18)16-14(19)17-15-5-10-2-11(6-15)4-12(3-10)7-15;/h10-13H,1-9H2,(H2,16,17,19);/q-1;. The predicted octanol–water partition coefficient (Wildman–Crippen LogP) is 1.73. The van der Waals surface area contributed by atoms with Crippen molar-refractivity contribution in [3.8, 4) is 0 Å². The molecular formula is C15H24N3OY-. The smallest absolute Gasteiger partial charge is 0.315 e. The van der Waals surface area contributed by atoms with Crippen LogP contribution in [0.2, 0.25) is 0 Å². The van der Waals surface area contributed by atoms with E-state index in [-0.39, 0.29) is 44.3 Å². The minimum Gasteiger partial charge on any atom is -0.456 e. The Morgan fingerprint density at radius 2 is 1.55 bits per heavy atom. The molecule has 2 N–H and O–H groups in total. The summed E-state index contributed by atoms with van der Waals surface area (Å²) >= 11 is 0. The summed E-state index contributed by atoms with van der Waals surface area (Å²) in [6.45, 7) is 1.77. The molecule has 1 radical (unpaired) electrons. The average molecular weight is 351 g/mol. The van der Waals surface area contributed by atoms with Crippen molar-refractivity contribution in [2.75, 3.05) is 13.1 Å². The minimum atomic E-state index is 0. The van der Waals surface area contributed by atoms with Crippen LogP contribution in [0, 0.1) is 24.8 Å². The van der Waals surface area contributed by atoms with E-state index >= 15 is 0 Å². The van der Waals surface area contributed by atoms with Gasteiger partial charge in [0.1, 0.15) is 0 Å². The largest absolute Gasteiger partial charge is 0.456 e. The molecule has 5 fully saturated rings. The Morgan fingerprint density at radius 1 is 1.05 bits per heavy atom. The van der Waals surface area contributed by atoms with Gasteiger partial charge in [0, 0.05) is 38.2 Å². The Labute approximate surface area is 146 Å². The zero-order valence-electron chi connectivity index (χ0n) is 12.1. The van der Waals surface area contributed by atoms with Gasteiger partial charge in [-0.15, -0.1) is 0 Å². The van der Waals surface area contributed by atoms with E-state index < -0.39 is 0 Å². The van der Waals surface area contributed by atoms with Crippen LogP contribution in [0.15, 0.2) is 0 Å². The van der Waals surface area contributed by atoms with E-state index in [0.717, 1.165) is 30.8 Å². The minimum absolute atomic E-state index is 0. The Kier molecular flexibility index (Phi) is 4.20. The van der Waals surface area contributed by atoms with Crippen LogP contribution in [0.5, 0.6) is 0 Å². The fourth-order valence-corrected chi connectivity index (χ4v) is 5.39. The van der Waals surface area contributed by atoms with E-state index in [9.17, 15) is 4.79 Å². The first-order valence-corrected chi connectivity index (χ1v) is 7.74. The maximum absolute atomic E-state index is 12.2. The number of urea groups is 1. The fourth-order valence-electron chi connectivity index (χ4n) is 5.39. The molecule has 0 unspecified atom stereocenters. The van der Waals surface area contributed by atoms with Crippen molar-refractivity contribution in [2.45, 2.75) is 50.1 Å². The molecule has 5 rings (SSSR count). The fraction of sp³-hybridized carbons (Fsp3) is 0.867. The monoisotopic (exact) mass is 351 g/mol. The second-order valence-electron chi connectivity index (χ2n) is 7.53. The maximum atomic E-state index is 12.2. The molecule has 1 aliphatic heterocycles. The van der Waals surface area contributed by atoms with Crippen LogP contribution in [0.1, 0.15) is 38.5 Å². The SMILES string of the molecule is [CH2-]N1CC(NC(=O)NC23CC4CC(CC(C4)C2)C3)C1.[Y]. The van der Waals surface area contributed by atoms with Gasteiger partial charge < -0.3 is 15.5 Å². The Bertz CT molecular complexity index is 359. The number of nitrogens with one attached hydrogen (secondary N) is 2. The molecule has 109 valence electrons. The summed E-state index contributed by atoms with van der Waals surface area (Å²) < 4.78 is 0. The molecule has 5 aliphatic rings. The van der Waals surface area contributed by atoms with Gasteiger partial charge in [0.2, 0.25) is 0 Å². The second kappa shape index (κ2) is 5.51. The van der Waals surface area contributed by atoms with Crippen LogP contribution in [-0.2, 0) is 32.7 Å². The number of carbonyl (C=O) groups excluding carboxylic acids is 1. The molecule has 0 atom stereocenters.